The predicted octanol–water partition coefficient (Wildman–Crippen LogP) is 2.52. The van der Waals surface area contributed by atoms with E-state index in [-0.39, 0.29) is 5.56 Å². The van der Waals surface area contributed by atoms with E-state index in [9.17, 15) is 4.79 Å². The maximum Gasteiger partial charge on any atom is 0.337 e. The Kier molecular flexibility index (Phi) is 3.39. The Hall–Kier alpha value is -2.69. The summed E-state index contributed by atoms with van der Waals surface area (Å²) < 4.78 is 1.75. The molecule has 1 aromatic carbocycles. The van der Waals surface area contributed by atoms with Crippen molar-refractivity contribution in [1.29, 1.82) is 0 Å². The third kappa shape index (κ3) is 2.76. The Balaban J connectivity index is 1.86. The molecule has 0 fully saturated rings. The van der Waals surface area contributed by atoms with Gasteiger partial charge in [0.05, 0.1) is 5.56 Å². The molecule has 3 rings (SSSR count). The normalized spacial score (nSPS) is 10.9. The molecule has 0 unspecified atom stereocenters. The molecule has 5 nitrogen and oxygen atoms in total. The molecule has 0 bridgehead atoms. The summed E-state index contributed by atoms with van der Waals surface area (Å²) in [5, 5.41) is 17.3. The van der Waals surface area contributed by atoms with Crippen LogP contribution in [0, 0.1) is 6.92 Å². The number of hydrogen-bond donors (Lipinski definition) is 1. The molecule has 0 aliphatic rings. The molecular formula is C16H15N3O2. The molecule has 0 saturated carbocycles. The fourth-order valence-electron chi connectivity index (χ4n) is 2.36. The van der Waals surface area contributed by atoms with Gasteiger partial charge in [-0.1, -0.05) is 29.8 Å². The molecule has 0 aliphatic heterocycles. The van der Waals surface area contributed by atoms with Gasteiger partial charge >= 0.3 is 5.97 Å². The molecule has 0 amide bonds. The molecule has 0 aliphatic carbocycles. The minimum absolute atomic E-state index is 0.235. The topological polar surface area (TPSA) is 67.5 Å². The van der Waals surface area contributed by atoms with E-state index < -0.39 is 5.97 Å². The van der Waals surface area contributed by atoms with Crippen LogP contribution in [0.5, 0.6) is 0 Å². The number of pyridine rings is 1. The van der Waals surface area contributed by atoms with Gasteiger partial charge in [0.15, 0.2) is 5.65 Å². The highest BCUT2D eigenvalue weighted by atomic mass is 16.4. The van der Waals surface area contributed by atoms with Crippen molar-refractivity contribution >= 4 is 11.6 Å². The monoisotopic (exact) mass is 281 g/mol. The number of carboxylic acids is 1. The second kappa shape index (κ2) is 5.36. The van der Waals surface area contributed by atoms with E-state index in [0.29, 0.717) is 12.1 Å². The fourth-order valence-corrected chi connectivity index (χ4v) is 2.36. The van der Waals surface area contributed by atoms with Gasteiger partial charge in [-0.15, -0.1) is 10.2 Å². The van der Waals surface area contributed by atoms with E-state index in [1.54, 1.807) is 16.7 Å². The number of carboxylic acid groups (broad SMARTS) is 1. The highest BCUT2D eigenvalue weighted by Gasteiger charge is 2.09. The van der Waals surface area contributed by atoms with Gasteiger partial charge in [-0.25, -0.2) is 4.79 Å². The Morgan fingerprint density at radius 2 is 2.05 bits per heavy atom. The summed E-state index contributed by atoms with van der Waals surface area (Å²) in [5.74, 6) is -0.176. The van der Waals surface area contributed by atoms with Crippen LogP contribution in [0.4, 0.5) is 0 Å². The van der Waals surface area contributed by atoms with Crippen LogP contribution >= 0.6 is 0 Å². The molecule has 0 atom stereocenters. The van der Waals surface area contributed by atoms with Crippen LogP contribution in [0.2, 0.25) is 0 Å². The Labute approximate surface area is 121 Å². The second-order valence-electron chi connectivity index (χ2n) is 5.06. The van der Waals surface area contributed by atoms with Crippen molar-refractivity contribution in [3.63, 3.8) is 0 Å². The summed E-state index contributed by atoms with van der Waals surface area (Å²) in [7, 11) is 0. The van der Waals surface area contributed by atoms with Gasteiger partial charge in [0, 0.05) is 12.6 Å². The Morgan fingerprint density at radius 1 is 1.19 bits per heavy atom. The highest BCUT2D eigenvalue weighted by molar-refractivity contribution is 5.87. The molecule has 3 aromatic rings. The lowest BCUT2D eigenvalue weighted by molar-refractivity contribution is 0.0696. The minimum atomic E-state index is -0.949. The summed E-state index contributed by atoms with van der Waals surface area (Å²) in [4.78, 5) is 11.0. The van der Waals surface area contributed by atoms with Crippen molar-refractivity contribution in [2.75, 3.05) is 0 Å². The van der Waals surface area contributed by atoms with E-state index in [0.717, 1.165) is 12.2 Å². The van der Waals surface area contributed by atoms with Crippen molar-refractivity contribution < 1.29 is 9.90 Å². The Bertz CT molecular complexity index is 808. The first-order chi connectivity index (χ1) is 10.1. The van der Waals surface area contributed by atoms with Crippen LogP contribution in [0.15, 0.2) is 42.6 Å². The number of aryl methyl sites for hydroxylation is 3. The van der Waals surface area contributed by atoms with Crippen LogP contribution in [0.3, 0.4) is 0 Å². The maximum atomic E-state index is 11.0. The first-order valence-electron chi connectivity index (χ1n) is 6.76. The lowest BCUT2D eigenvalue weighted by Crippen LogP contribution is -2.02. The molecular weight excluding hydrogens is 266 g/mol. The van der Waals surface area contributed by atoms with Gasteiger partial charge in [-0.05, 0) is 31.0 Å². The van der Waals surface area contributed by atoms with E-state index >= 15 is 0 Å². The van der Waals surface area contributed by atoms with E-state index in [2.05, 4.69) is 35.3 Å². The lowest BCUT2D eigenvalue weighted by Gasteiger charge is -2.03. The summed E-state index contributed by atoms with van der Waals surface area (Å²) in [5.41, 5.74) is 3.37. The van der Waals surface area contributed by atoms with Crippen molar-refractivity contribution in [3.05, 3.63) is 65.1 Å². The fraction of sp³-hybridized carbons (Fsp3) is 0.188. The highest BCUT2D eigenvalue weighted by Crippen LogP contribution is 2.11. The van der Waals surface area contributed by atoms with Gasteiger partial charge in [0.1, 0.15) is 5.82 Å². The van der Waals surface area contributed by atoms with Crippen LogP contribution < -0.4 is 0 Å². The molecule has 0 spiro atoms. The first-order valence-corrected chi connectivity index (χ1v) is 6.76. The van der Waals surface area contributed by atoms with Gasteiger partial charge in [0.2, 0.25) is 0 Å². The molecule has 5 heteroatoms. The largest absolute Gasteiger partial charge is 0.478 e. The van der Waals surface area contributed by atoms with Gasteiger partial charge in [-0.2, -0.15) is 0 Å². The predicted molar refractivity (Wildman–Crippen MR) is 78.5 cm³/mol. The molecule has 21 heavy (non-hydrogen) atoms. The van der Waals surface area contributed by atoms with Crippen LogP contribution in [0.25, 0.3) is 5.65 Å². The zero-order valence-electron chi connectivity index (χ0n) is 11.7. The lowest BCUT2D eigenvalue weighted by atomic mass is 10.1. The number of benzene rings is 1. The number of aromatic carboxylic acids is 1. The second-order valence-corrected chi connectivity index (χ2v) is 5.06. The van der Waals surface area contributed by atoms with Crippen molar-refractivity contribution in [1.82, 2.24) is 14.6 Å². The van der Waals surface area contributed by atoms with Crippen molar-refractivity contribution in [3.8, 4) is 0 Å². The summed E-state index contributed by atoms with van der Waals surface area (Å²) in [6.45, 7) is 2.06. The van der Waals surface area contributed by atoms with Gasteiger partial charge in [0.25, 0.3) is 0 Å². The number of nitrogens with zero attached hydrogens (tertiary/aromatic N) is 3. The summed E-state index contributed by atoms with van der Waals surface area (Å²) in [6, 6.07) is 11.5. The molecule has 2 heterocycles. The van der Waals surface area contributed by atoms with E-state index in [1.165, 1.54) is 17.2 Å². The molecule has 106 valence electrons. The Morgan fingerprint density at radius 3 is 2.81 bits per heavy atom. The zero-order valence-corrected chi connectivity index (χ0v) is 11.7. The SMILES string of the molecule is Cc1cccc(CCc2nnc3ccc(C(=O)O)cn23)c1. The first kappa shape index (κ1) is 13.3. The van der Waals surface area contributed by atoms with Crippen molar-refractivity contribution in [2.24, 2.45) is 0 Å². The van der Waals surface area contributed by atoms with Crippen LogP contribution in [-0.4, -0.2) is 25.7 Å². The van der Waals surface area contributed by atoms with Crippen molar-refractivity contribution in [2.45, 2.75) is 19.8 Å². The zero-order chi connectivity index (χ0) is 14.8. The molecule has 2 aromatic heterocycles. The van der Waals surface area contributed by atoms with Crippen LogP contribution in [-0.2, 0) is 12.8 Å². The molecule has 0 radical (unpaired) electrons. The smallest absolute Gasteiger partial charge is 0.337 e. The third-order valence-electron chi connectivity index (χ3n) is 3.44. The van der Waals surface area contributed by atoms with Crippen LogP contribution in [0.1, 0.15) is 27.3 Å². The quantitative estimate of drug-likeness (QED) is 0.798. The number of rotatable bonds is 4. The molecule has 1 N–H and O–H groups in total. The maximum absolute atomic E-state index is 11.0. The number of carbonyl (C=O) groups is 1. The van der Waals surface area contributed by atoms with Gasteiger partial charge < -0.3 is 5.11 Å². The van der Waals surface area contributed by atoms with E-state index in [4.69, 9.17) is 5.11 Å². The summed E-state index contributed by atoms with van der Waals surface area (Å²) >= 11 is 0. The number of hydrogen-bond acceptors (Lipinski definition) is 3. The van der Waals surface area contributed by atoms with Gasteiger partial charge in [-0.3, -0.25) is 4.40 Å². The average Bonchev–Trinajstić information content (AvgIpc) is 2.87. The number of aromatic nitrogens is 3. The molecule has 0 saturated heterocycles. The standard InChI is InChI=1S/C16H15N3O2/c1-11-3-2-4-12(9-11)5-7-14-17-18-15-8-6-13(16(20)21)10-19(14)15/h2-4,6,8-10H,5,7H2,1H3,(H,20,21). The average molecular weight is 281 g/mol. The number of fused-ring (bicyclic) bond motifs is 1. The third-order valence-corrected chi connectivity index (χ3v) is 3.44. The van der Waals surface area contributed by atoms with E-state index in [1.807, 2.05) is 6.07 Å². The minimum Gasteiger partial charge on any atom is -0.478 e. The summed E-state index contributed by atoms with van der Waals surface area (Å²) in [6.07, 6.45) is 3.14.